The van der Waals surface area contributed by atoms with E-state index in [9.17, 15) is 0 Å². The number of nitrogens with one attached hydrogen (secondary N) is 1. The second kappa shape index (κ2) is 6.23. The second-order valence-corrected chi connectivity index (χ2v) is 7.28. The van der Waals surface area contributed by atoms with E-state index in [-0.39, 0.29) is 5.60 Å². The quantitative estimate of drug-likeness (QED) is 0.864. The monoisotopic (exact) mass is 287 g/mol. The maximum atomic E-state index is 6.17. The van der Waals surface area contributed by atoms with Crippen molar-refractivity contribution in [1.29, 1.82) is 0 Å². The molecule has 0 aliphatic carbocycles. The van der Waals surface area contributed by atoms with Crippen molar-refractivity contribution in [1.82, 2.24) is 5.32 Å². The Balaban J connectivity index is 2.29. The second-order valence-electron chi connectivity index (χ2n) is 7.28. The van der Waals surface area contributed by atoms with E-state index < -0.39 is 0 Å². The van der Waals surface area contributed by atoms with E-state index in [0.29, 0.717) is 12.0 Å². The van der Waals surface area contributed by atoms with Gasteiger partial charge in [0, 0.05) is 24.6 Å². The molecule has 0 atom stereocenters. The van der Waals surface area contributed by atoms with Gasteiger partial charge in [-0.3, -0.25) is 0 Å². The van der Waals surface area contributed by atoms with E-state index in [1.54, 1.807) is 0 Å². The maximum Gasteiger partial charge on any atom is 0.130 e. The van der Waals surface area contributed by atoms with Crippen molar-refractivity contribution >= 4 is 6.08 Å². The Bertz CT molecular complexity index is 526. The molecule has 0 radical (unpaired) electrons. The van der Waals surface area contributed by atoms with Crippen molar-refractivity contribution < 1.29 is 4.74 Å². The van der Waals surface area contributed by atoms with E-state index in [0.717, 1.165) is 18.7 Å². The lowest BCUT2D eigenvalue weighted by molar-refractivity contribution is 0.138. The van der Waals surface area contributed by atoms with Crippen LogP contribution in [0.15, 0.2) is 23.8 Å². The normalized spacial score (nSPS) is 17.2. The van der Waals surface area contributed by atoms with E-state index in [2.05, 4.69) is 71.1 Å². The standard InChI is InChI=1S/C19H29NO/c1-13(2)17(12-20-14(3)4)10-15-8-7-9-16-11-19(5,6)21-18(15)16/h7-10,13-14,20H,11-12H2,1-6H3. The molecule has 2 nitrogen and oxygen atoms in total. The summed E-state index contributed by atoms with van der Waals surface area (Å²) in [7, 11) is 0. The van der Waals surface area contributed by atoms with E-state index in [1.807, 2.05) is 0 Å². The van der Waals surface area contributed by atoms with Gasteiger partial charge in [0.1, 0.15) is 11.4 Å². The minimum atomic E-state index is -0.0829. The first-order valence-electron chi connectivity index (χ1n) is 8.03. The molecule has 1 aromatic carbocycles. The third-order valence-corrected chi connectivity index (χ3v) is 3.92. The summed E-state index contributed by atoms with van der Waals surface area (Å²) in [4.78, 5) is 0. The highest BCUT2D eigenvalue weighted by atomic mass is 16.5. The molecule has 0 aromatic heterocycles. The van der Waals surface area contributed by atoms with Gasteiger partial charge in [-0.05, 0) is 25.3 Å². The fourth-order valence-electron chi connectivity index (χ4n) is 2.70. The predicted octanol–water partition coefficient (Wildman–Crippen LogP) is 4.44. The van der Waals surface area contributed by atoms with E-state index in [4.69, 9.17) is 4.74 Å². The summed E-state index contributed by atoms with van der Waals surface area (Å²) in [5, 5.41) is 3.52. The van der Waals surface area contributed by atoms with Crippen molar-refractivity contribution in [2.45, 2.75) is 59.6 Å². The Morgan fingerprint density at radius 1 is 1.29 bits per heavy atom. The number of ether oxygens (including phenoxy) is 1. The summed E-state index contributed by atoms with van der Waals surface area (Å²) in [5.74, 6) is 1.60. The van der Waals surface area contributed by atoms with Crippen LogP contribution in [0.1, 0.15) is 52.7 Å². The molecule has 0 fully saturated rings. The van der Waals surface area contributed by atoms with Gasteiger partial charge >= 0.3 is 0 Å². The number of para-hydroxylation sites is 1. The van der Waals surface area contributed by atoms with Crippen LogP contribution in [0.5, 0.6) is 5.75 Å². The van der Waals surface area contributed by atoms with Crippen LogP contribution in [-0.2, 0) is 6.42 Å². The smallest absolute Gasteiger partial charge is 0.130 e. The van der Waals surface area contributed by atoms with Crippen LogP contribution in [0.25, 0.3) is 6.08 Å². The van der Waals surface area contributed by atoms with Crippen LogP contribution in [-0.4, -0.2) is 18.2 Å². The molecule has 0 amide bonds. The van der Waals surface area contributed by atoms with Crippen LogP contribution >= 0.6 is 0 Å². The lowest BCUT2D eigenvalue weighted by Crippen LogP contribution is -2.26. The Kier molecular flexibility index (Phi) is 4.77. The van der Waals surface area contributed by atoms with Crippen LogP contribution in [0.4, 0.5) is 0 Å². The van der Waals surface area contributed by atoms with Gasteiger partial charge in [-0.2, -0.15) is 0 Å². The topological polar surface area (TPSA) is 21.3 Å². The molecule has 21 heavy (non-hydrogen) atoms. The molecule has 2 rings (SSSR count). The van der Waals surface area contributed by atoms with Gasteiger partial charge in [-0.15, -0.1) is 0 Å². The Morgan fingerprint density at radius 3 is 2.62 bits per heavy atom. The van der Waals surface area contributed by atoms with Crippen molar-refractivity contribution in [2.24, 2.45) is 5.92 Å². The predicted molar refractivity (Wildman–Crippen MR) is 90.8 cm³/mol. The molecule has 0 bridgehead atoms. The fourth-order valence-corrected chi connectivity index (χ4v) is 2.70. The lowest BCUT2D eigenvalue weighted by Gasteiger charge is -2.19. The summed E-state index contributed by atoms with van der Waals surface area (Å²) in [6, 6.07) is 6.99. The first kappa shape index (κ1) is 16.1. The zero-order valence-electron chi connectivity index (χ0n) is 14.3. The van der Waals surface area contributed by atoms with E-state index in [1.165, 1.54) is 16.7 Å². The number of hydrogen-bond acceptors (Lipinski definition) is 2. The van der Waals surface area contributed by atoms with Gasteiger partial charge in [0.25, 0.3) is 0 Å². The van der Waals surface area contributed by atoms with Crippen LogP contribution in [0.2, 0.25) is 0 Å². The third-order valence-electron chi connectivity index (χ3n) is 3.92. The van der Waals surface area contributed by atoms with Gasteiger partial charge in [0.15, 0.2) is 0 Å². The highest BCUT2D eigenvalue weighted by Gasteiger charge is 2.31. The molecular formula is C19H29NO. The molecular weight excluding hydrogens is 258 g/mol. The summed E-state index contributed by atoms with van der Waals surface area (Å²) in [5.41, 5.74) is 3.88. The minimum Gasteiger partial charge on any atom is -0.487 e. The van der Waals surface area contributed by atoms with Crippen molar-refractivity contribution in [3.05, 3.63) is 34.9 Å². The Morgan fingerprint density at radius 2 is 2.00 bits per heavy atom. The largest absolute Gasteiger partial charge is 0.487 e. The molecule has 0 saturated carbocycles. The first-order valence-corrected chi connectivity index (χ1v) is 8.03. The zero-order valence-corrected chi connectivity index (χ0v) is 14.3. The van der Waals surface area contributed by atoms with Gasteiger partial charge in [0.05, 0.1) is 0 Å². The fraction of sp³-hybridized carbons (Fsp3) is 0.579. The minimum absolute atomic E-state index is 0.0829. The third kappa shape index (κ3) is 4.10. The Hall–Kier alpha value is -1.28. The van der Waals surface area contributed by atoms with Crippen molar-refractivity contribution in [3.8, 4) is 5.75 Å². The van der Waals surface area contributed by atoms with Gasteiger partial charge < -0.3 is 10.1 Å². The average molecular weight is 287 g/mol. The van der Waals surface area contributed by atoms with E-state index >= 15 is 0 Å². The Labute approximate surface area is 129 Å². The van der Waals surface area contributed by atoms with Crippen molar-refractivity contribution in [3.63, 3.8) is 0 Å². The summed E-state index contributed by atoms with van der Waals surface area (Å²) in [6.07, 6.45) is 3.30. The molecule has 0 unspecified atom stereocenters. The highest BCUT2D eigenvalue weighted by Crippen LogP contribution is 2.38. The summed E-state index contributed by atoms with van der Waals surface area (Å²) in [6.45, 7) is 14.1. The molecule has 1 aliphatic rings. The van der Waals surface area contributed by atoms with Crippen LogP contribution < -0.4 is 10.1 Å². The zero-order chi connectivity index (χ0) is 15.6. The number of fused-ring (bicyclic) bond motifs is 1. The highest BCUT2D eigenvalue weighted by molar-refractivity contribution is 5.64. The van der Waals surface area contributed by atoms with Crippen molar-refractivity contribution in [2.75, 3.05) is 6.54 Å². The molecule has 1 aromatic rings. The first-order chi connectivity index (χ1) is 9.78. The van der Waals surface area contributed by atoms with Crippen LogP contribution in [0.3, 0.4) is 0 Å². The molecule has 2 heteroatoms. The van der Waals surface area contributed by atoms with Gasteiger partial charge in [-0.1, -0.05) is 57.5 Å². The molecule has 116 valence electrons. The molecule has 1 aliphatic heterocycles. The number of benzene rings is 1. The maximum absolute atomic E-state index is 6.17. The van der Waals surface area contributed by atoms with Crippen LogP contribution in [0, 0.1) is 5.92 Å². The molecule has 0 spiro atoms. The number of rotatable bonds is 5. The van der Waals surface area contributed by atoms with Gasteiger partial charge in [-0.25, -0.2) is 0 Å². The molecule has 0 saturated heterocycles. The SMILES string of the molecule is CC(C)NCC(=Cc1cccc2c1OC(C)(C)C2)C(C)C. The average Bonchev–Trinajstić information content (AvgIpc) is 2.68. The summed E-state index contributed by atoms with van der Waals surface area (Å²) < 4.78 is 6.17. The molecule has 1 N–H and O–H groups in total. The lowest BCUT2D eigenvalue weighted by atomic mass is 9.97. The van der Waals surface area contributed by atoms with Gasteiger partial charge in [0.2, 0.25) is 0 Å². The molecule has 1 heterocycles. The number of hydrogen-bond donors (Lipinski definition) is 1. The summed E-state index contributed by atoms with van der Waals surface area (Å²) >= 11 is 0.